The second kappa shape index (κ2) is 9.60. The lowest BCUT2D eigenvalue weighted by molar-refractivity contribution is 0.486. The molecule has 0 atom stereocenters. The van der Waals surface area contributed by atoms with Gasteiger partial charge in [-0.1, -0.05) is 133 Å². The van der Waals surface area contributed by atoms with Gasteiger partial charge in [-0.3, -0.25) is 0 Å². The smallest absolute Gasteiger partial charge is 0.256 e. The molecular formula is C43H28BNO. The number of anilines is 3. The molecule has 214 valence electrons. The highest BCUT2D eigenvalue weighted by Gasteiger charge is 2.49. The van der Waals surface area contributed by atoms with Crippen molar-refractivity contribution in [3.05, 3.63) is 192 Å². The zero-order valence-electron chi connectivity index (χ0n) is 25.1. The van der Waals surface area contributed by atoms with E-state index in [1.807, 2.05) is 0 Å². The van der Waals surface area contributed by atoms with Gasteiger partial charge < -0.3 is 9.64 Å². The van der Waals surface area contributed by atoms with Crippen molar-refractivity contribution in [2.24, 2.45) is 0 Å². The highest BCUT2D eigenvalue weighted by molar-refractivity contribution is 6.99. The maximum Gasteiger partial charge on any atom is 0.256 e. The van der Waals surface area contributed by atoms with E-state index in [0.717, 1.165) is 22.9 Å². The minimum Gasteiger partial charge on any atom is -0.458 e. The predicted molar refractivity (Wildman–Crippen MR) is 190 cm³/mol. The Morgan fingerprint density at radius 1 is 0.457 bits per heavy atom. The van der Waals surface area contributed by atoms with E-state index in [4.69, 9.17) is 4.74 Å². The SMILES string of the molecule is c1ccc(N2c3ccccc3B3c4ccccc4Oc4cc(C5(c6ccccc6)c6ccccc6-c6ccccc65)cc2c43)cc1. The summed E-state index contributed by atoms with van der Waals surface area (Å²) in [5.41, 5.74) is 14.3. The third kappa shape index (κ3) is 3.32. The van der Waals surface area contributed by atoms with Crippen molar-refractivity contribution in [2.45, 2.75) is 5.41 Å². The van der Waals surface area contributed by atoms with Gasteiger partial charge in [-0.15, -0.1) is 0 Å². The summed E-state index contributed by atoms with van der Waals surface area (Å²) in [6, 6.07) is 61.8. The second-order valence-corrected chi connectivity index (χ2v) is 12.4. The Labute approximate surface area is 269 Å². The Bertz CT molecular complexity index is 2270. The van der Waals surface area contributed by atoms with Gasteiger partial charge in [-0.25, -0.2) is 0 Å². The first-order valence-corrected chi connectivity index (χ1v) is 16.0. The van der Waals surface area contributed by atoms with Gasteiger partial charge in [0.2, 0.25) is 0 Å². The number of para-hydroxylation sites is 3. The molecule has 0 saturated heterocycles. The molecule has 7 aromatic rings. The number of fused-ring (bicyclic) bond motifs is 7. The van der Waals surface area contributed by atoms with Crippen LogP contribution in [0, 0.1) is 0 Å². The van der Waals surface area contributed by atoms with Crippen LogP contribution in [-0.2, 0) is 5.41 Å². The Morgan fingerprint density at radius 3 is 1.78 bits per heavy atom. The van der Waals surface area contributed by atoms with Crippen LogP contribution in [0.25, 0.3) is 11.1 Å². The number of nitrogens with zero attached hydrogens (tertiary/aromatic N) is 1. The summed E-state index contributed by atoms with van der Waals surface area (Å²) in [4.78, 5) is 2.44. The van der Waals surface area contributed by atoms with Crippen LogP contribution < -0.4 is 26.0 Å². The van der Waals surface area contributed by atoms with Crippen molar-refractivity contribution in [3.8, 4) is 22.6 Å². The fourth-order valence-electron chi connectivity index (χ4n) is 8.43. The predicted octanol–water partition coefficient (Wildman–Crippen LogP) is 8.45. The average Bonchev–Trinajstić information content (AvgIpc) is 3.43. The Balaban J connectivity index is 1.36. The molecule has 3 heteroatoms. The van der Waals surface area contributed by atoms with E-state index in [-0.39, 0.29) is 6.71 Å². The lowest BCUT2D eigenvalue weighted by Crippen LogP contribution is -2.59. The summed E-state index contributed by atoms with van der Waals surface area (Å²) in [6.45, 7) is 0.0657. The largest absolute Gasteiger partial charge is 0.458 e. The topological polar surface area (TPSA) is 12.5 Å². The first-order chi connectivity index (χ1) is 22.8. The fraction of sp³-hybridized carbons (Fsp3) is 0.0233. The van der Waals surface area contributed by atoms with E-state index < -0.39 is 5.41 Å². The molecule has 1 aliphatic carbocycles. The van der Waals surface area contributed by atoms with E-state index in [1.54, 1.807) is 0 Å². The third-order valence-electron chi connectivity index (χ3n) is 10.2. The van der Waals surface area contributed by atoms with Gasteiger partial charge in [0.05, 0.1) is 5.41 Å². The molecule has 0 radical (unpaired) electrons. The lowest BCUT2D eigenvalue weighted by atomic mass is 9.34. The van der Waals surface area contributed by atoms with Crippen LogP contribution >= 0.6 is 0 Å². The van der Waals surface area contributed by atoms with Crippen LogP contribution in [0.1, 0.15) is 22.3 Å². The standard InChI is InChI=1S/C43H28BNO/c1-3-15-29(16-4-1)43(34-21-9-7-19-32(34)33-20-8-10-22-35(33)43)30-27-39-42-41(28-30)46-40-26-14-12-24-37(40)44(42)36-23-11-13-25-38(36)45(39)31-17-5-2-6-18-31/h1-28H. The van der Waals surface area contributed by atoms with E-state index in [9.17, 15) is 0 Å². The molecule has 3 aliphatic rings. The Morgan fingerprint density at radius 2 is 1.04 bits per heavy atom. The minimum atomic E-state index is -0.533. The van der Waals surface area contributed by atoms with Crippen molar-refractivity contribution in [3.63, 3.8) is 0 Å². The van der Waals surface area contributed by atoms with Crippen molar-refractivity contribution >= 4 is 40.2 Å². The van der Waals surface area contributed by atoms with Gasteiger partial charge in [0.25, 0.3) is 6.71 Å². The molecule has 10 rings (SSSR count). The molecule has 0 N–H and O–H groups in total. The second-order valence-electron chi connectivity index (χ2n) is 12.4. The van der Waals surface area contributed by atoms with Crippen molar-refractivity contribution in [1.82, 2.24) is 0 Å². The molecule has 0 spiro atoms. The quantitative estimate of drug-likeness (QED) is 0.193. The van der Waals surface area contributed by atoms with E-state index in [1.165, 1.54) is 55.5 Å². The molecule has 7 aromatic carbocycles. The molecule has 0 unspecified atom stereocenters. The normalized spacial score (nSPS) is 14.3. The van der Waals surface area contributed by atoms with Crippen LogP contribution in [0.15, 0.2) is 170 Å². The molecule has 0 fully saturated rings. The van der Waals surface area contributed by atoms with Crippen LogP contribution in [0.2, 0.25) is 0 Å². The molecule has 0 amide bonds. The third-order valence-corrected chi connectivity index (χ3v) is 10.2. The first-order valence-electron chi connectivity index (χ1n) is 16.0. The number of ether oxygens (including phenoxy) is 1. The molecule has 0 saturated carbocycles. The van der Waals surface area contributed by atoms with Crippen LogP contribution in [0.5, 0.6) is 11.5 Å². The highest BCUT2D eigenvalue weighted by atomic mass is 16.5. The van der Waals surface area contributed by atoms with E-state index in [0.29, 0.717) is 0 Å². The number of benzene rings is 7. The molecule has 2 aliphatic heterocycles. The Hall–Kier alpha value is -5.80. The minimum absolute atomic E-state index is 0.0657. The fourth-order valence-corrected chi connectivity index (χ4v) is 8.43. The molecule has 0 aromatic heterocycles. The Kier molecular flexibility index (Phi) is 5.33. The zero-order chi connectivity index (χ0) is 30.2. The van der Waals surface area contributed by atoms with Gasteiger partial charge >= 0.3 is 0 Å². The summed E-state index contributed by atoms with van der Waals surface area (Å²) in [5, 5.41) is 0. The van der Waals surface area contributed by atoms with E-state index >= 15 is 0 Å². The molecular weight excluding hydrogens is 557 g/mol. The summed E-state index contributed by atoms with van der Waals surface area (Å²) >= 11 is 0. The average molecular weight is 586 g/mol. The maximum atomic E-state index is 6.95. The van der Waals surface area contributed by atoms with Gasteiger partial charge in [-0.2, -0.15) is 0 Å². The van der Waals surface area contributed by atoms with Crippen LogP contribution in [-0.4, -0.2) is 6.71 Å². The molecule has 46 heavy (non-hydrogen) atoms. The van der Waals surface area contributed by atoms with Gasteiger partial charge in [0, 0.05) is 17.1 Å². The van der Waals surface area contributed by atoms with Crippen molar-refractivity contribution in [1.29, 1.82) is 0 Å². The zero-order valence-corrected chi connectivity index (χ0v) is 25.1. The van der Waals surface area contributed by atoms with Gasteiger partial charge in [0.15, 0.2) is 0 Å². The monoisotopic (exact) mass is 585 g/mol. The summed E-state index contributed by atoms with van der Waals surface area (Å²) < 4.78 is 6.95. The number of hydrogen-bond donors (Lipinski definition) is 0. The van der Waals surface area contributed by atoms with Gasteiger partial charge in [-0.05, 0) is 86.2 Å². The number of rotatable bonds is 3. The first kappa shape index (κ1) is 25.5. The van der Waals surface area contributed by atoms with Crippen LogP contribution in [0.4, 0.5) is 17.1 Å². The molecule has 0 bridgehead atoms. The lowest BCUT2D eigenvalue weighted by Gasteiger charge is -2.42. The molecule has 2 nitrogen and oxygen atoms in total. The van der Waals surface area contributed by atoms with E-state index in [2.05, 4.69) is 175 Å². The number of hydrogen-bond acceptors (Lipinski definition) is 2. The highest BCUT2D eigenvalue weighted by Crippen LogP contribution is 2.57. The summed E-state index contributed by atoms with van der Waals surface area (Å²) in [6.07, 6.45) is 0. The van der Waals surface area contributed by atoms with Crippen LogP contribution in [0.3, 0.4) is 0 Å². The summed E-state index contributed by atoms with van der Waals surface area (Å²) in [5.74, 6) is 1.84. The van der Waals surface area contributed by atoms with Crippen molar-refractivity contribution < 1.29 is 4.74 Å². The molecule has 2 heterocycles. The summed E-state index contributed by atoms with van der Waals surface area (Å²) in [7, 11) is 0. The van der Waals surface area contributed by atoms with Crippen molar-refractivity contribution in [2.75, 3.05) is 4.90 Å². The van der Waals surface area contributed by atoms with Gasteiger partial charge in [0.1, 0.15) is 11.5 Å². The maximum absolute atomic E-state index is 6.95.